The lowest BCUT2D eigenvalue weighted by molar-refractivity contribution is -0.120. The average molecular weight is 469 g/mol. The molecule has 0 aromatic carbocycles. The number of anilines is 1. The van der Waals surface area contributed by atoms with Gasteiger partial charge in [-0.15, -0.1) is 22.7 Å². The summed E-state index contributed by atoms with van der Waals surface area (Å²) in [5.74, 6) is -0.863. The molecule has 1 amide bonds. The fraction of sp³-hybridized carbons (Fsp3) is 0.500. The van der Waals surface area contributed by atoms with Crippen LogP contribution >= 0.6 is 22.7 Å². The molecule has 30 heavy (non-hydrogen) atoms. The van der Waals surface area contributed by atoms with Crippen molar-refractivity contribution in [3.05, 3.63) is 33.5 Å². The molecular weight excluding hydrogens is 444 g/mol. The Morgan fingerprint density at radius 3 is 2.60 bits per heavy atom. The summed E-state index contributed by atoms with van der Waals surface area (Å²) in [5, 5.41) is 5.25. The third-order valence-corrected chi connectivity index (χ3v) is 10.2. The molecule has 0 bridgehead atoms. The quantitative estimate of drug-likeness (QED) is 0.678. The van der Waals surface area contributed by atoms with E-state index in [1.807, 2.05) is 0 Å². The highest BCUT2D eigenvalue weighted by Crippen LogP contribution is 2.39. The first-order valence-electron chi connectivity index (χ1n) is 9.99. The van der Waals surface area contributed by atoms with Crippen molar-refractivity contribution in [3.8, 4) is 0 Å². The summed E-state index contributed by atoms with van der Waals surface area (Å²) in [7, 11) is -2.14. The largest absolute Gasteiger partial charge is 0.465 e. The lowest BCUT2D eigenvalue weighted by Gasteiger charge is -2.30. The van der Waals surface area contributed by atoms with Crippen LogP contribution in [0.2, 0.25) is 0 Å². The Morgan fingerprint density at radius 1 is 1.20 bits per heavy atom. The van der Waals surface area contributed by atoms with Crippen LogP contribution in [0.15, 0.2) is 21.7 Å². The third-order valence-electron chi connectivity index (χ3n) is 5.71. The molecule has 0 unspecified atom stereocenters. The Labute approximate surface area is 184 Å². The van der Waals surface area contributed by atoms with Crippen LogP contribution in [-0.4, -0.2) is 44.8 Å². The van der Waals surface area contributed by atoms with Crippen molar-refractivity contribution < 1.29 is 22.7 Å². The average Bonchev–Trinajstić information content (AvgIpc) is 3.41. The zero-order valence-electron chi connectivity index (χ0n) is 16.7. The van der Waals surface area contributed by atoms with Gasteiger partial charge in [0.25, 0.3) is 10.0 Å². The highest BCUT2D eigenvalue weighted by molar-refractivity contribution is 7.91. The Morgan fingerprint density at radius 2 is 1.93 bits per heavy atom. The molecule has 1 N–H and O–H groups in total. The van der Waals surface area contributed by atoms with Gasteiger partial charge in [0.15, 0.2) is 0 Å². The van der Waals surface area contributed by atoms with Crippen LogP contribution in [0, 0.1) is 5.92 Å². The molecule has 10 heteroatoms. The van der Waals surface area contributed by atoms with Crippen LogP contribution in [0.5, 0.6) is 0 Å². The van der Waals surface area contributed by atoms with E-state index in [4.69, 9.17) is 4.74 Å². The molecule has 1 aliphatic heterocycles. The number of hydrogen-bond acceptors (Lipinski definition) is 7. The predicted octanol–water partition coefficient (Wildman–Crippen LogP) is 3.51. The van der Waals surface area contributed by atoms with Gasteiger partial charge in [-0.1, -0.05) is 6.07 Å². The molecule has 0 spiro atoms. The molecule has 7 nitrogen and oxygen atoms in total. The van der Waals surface area contributed by atoms with Crippen molar-refractivity contribution in [1.82, 2.24) is 4.31 Å². The molecule has 4 rings (SSSR count). The lowest BCUT2D eigenvalue weighted by atomic mass is 9.95. The number of methoxy groups -OCH3 is 1. The van der Waals surface area contributed by atoms with Gasteiger partial charge < -0.3 is 10.1 Å². The molecule has 0 radical (unpaired) electrons. The maximum absolute atomic E-state index is 12.9. The van der Waals surface area contributed by atoms with Crippen molar-refractivity contribution in [1.29, 1.82) is 0 Å². The molecule has 3 heterocycles. The van der Waals surface area contributed by atoms with Gasteiger partial charge in [0.05, 0.1) is 12.7 Å². The van der Waals surface area contributed by atoms with Gasteiger partial charge in [0.1, 0.15) is 9.21 Å². The Balaban J connectivity index is 1.45. The van der Waals surface area contributed by atoms with Crippen molar-refractivity contribution in [2.75, 3.05) is 25.5 Å². The first-order valence-corrected chi connectivity index (χ1v) is 13.1. The number of rotatable bonds is 5. The number of sulfonamides is 1. The number of carbonyl (C=O) groups excluding carboxylic acids is 2. The maximum Gasteiger partial charge on any atom is 0.341 e. The number of nitrogens with one attached hydrogen (secondary N) is 1. The Kier molecular flexibility index (Phi) is 6.29. The number of ether oxygens (including phenoxy) is 1. The molecule has 2 aliphatic rings. The van der Waals surface area contributed by atoms with Crippen LogP contribution in [0.25, 0.3) is 0 Å². The number of esters is 1. The molecule has 1 saturated heterocycles. The summed E-state index contributed by atoms with van der Waals surface area (Å²) in [6, 6.07) is 3.32. The van der Waals surface area contributed by atoms with E-state index in [1.54, 1.807) is 17.5 Å². The second kappa shape index (κ2) is 8.78. The smallest absolute Gasteiger partial charge is 0.341 e. The summed E-state index contributed by atoms with van der Waals surface area (Å²) in [5.41, 5.74) is 1.49. The second-order valence-corrected chi connectivity index (χ2v) is 11.7. The number of nitrogens with zero attached hydrogens (tertiary/aromatic N) is 1. The fourth-order valence-electron chi connectivity index (χ4n) is 4.08. The highest BCUT2D eigenvalue weighted by Gasteiger charge is 2.34. The summed E-state index contributed by atoms with van der Waals surface area (Å²) in [6.07, 6.45) is 4.76. The van der Waals surface area contributed by atoms with Crippen LogP contribution in [0.1, 0.15) is 46.5 Å². The van der Waals surface area contributed by atoms with Gasteiger partial charge in [-0.25, -0.2) is 13.2 Å². The molecule has 162 valence electrons. The molecule has 1 aliphatic carbocycles. The van der Waals surface area contributed by atoms with Gasteiger partial charge in [-0.3, -0.25) is 4.79 Å². The number of carbonyl (C=O) groups is 2. The molecule has 2 aromatic rings. The van der Waals surface area contributed by atoms with E-state index in [0.717, 1.165) is 36.1 Å². The van der Waals surface area contributed by atoms with Gasteiger partial charge in [0, 0.05) is 23.9 Å². The van der Waals surface area contributed by atoms with Crippen LogP contribution < -0.4 is 5.32 Å². The minimum atomic E-state index is -3.49. The van der Waals surface area contributed by atoms with Gasteiger partial charge in [0.2, 0.25) is 5.91 Å². The molecule has 1 fully saturated rings. The summed E-state index contributed by atoms with van der Waals surface area (Å²) < 4.78 is 32.1. The summed E-state index contributed by atoms with van der Waals surface area (Å²) in [4.78, 5) is 26.4. The van der Waals surface area contributed by atoms with Crippen LogP contribution in [0.3, 0.4) is 0 Å². The number of hydrogen-bond donors (Lipinski definition) is 1. The zero-order valence-corrected chi connectivity index (χ0v) is 19.1. The first-order chi connectivity index (χ1) is 14.4. The van der Waals surface area contributed by atoms with Gasteiger partial charge >= 0.3 is 5.97 Å². The SMILES string of the molecule is COC(=O)c1c(NC(=O)C2CCN(S(=O)(=O)c3cccs3)CC2)sc2c1CCCC2. The molecular formula is C20H24N2O5S3. The van der Waals surface area contributed by atoms with E-state index in [9.17, 15) is 18.0 Å². The molecule has 0 saturated carbocycles. The molecule has 2 aromatic heterocycles. The van der Waals surface area contributed by atoms with Gasteiger partial charge in [-0.2, -0.15) is 4.31 Å². The van der Waals surface area contributed by atoms with E-state index >= 15 is 0 Å². The first kappa shape index (κ1) is 21.5. The Hall–Kier alpha value is -1.75. The highest BCUT2D eigenvalue weighted by atomic mass is 32.2. The van der Waals surface area contributed by atoms with Crippen molar-refractivity contribution in [2.24, 2.45) is 5.92 Å². The van der Waals surface area contributed by atoms with Gasteiger partial charge in [-0.05, 0) is 55.5 Å². The standard InChI is InChI=1S/C20H24N2O5S3/c1-27-20(24)17-14-5-2-3-6-15(14)29-19(17)21-18(23)13-8-10-22(11-9-13)30(25,26)16-7-4-12-28-16/h4,7,12-13H,2-3,5-6,8-11H2,1H3,(H,21,23). The number of fused-ring (bicyclic) bond motifs is 1. The van der Waals surface area contributed by atoms with Crippen molar-refractivity contribution in [3.63, 3.8) is 0 Å². The number of piperidine rings is 1. The van der Waals surface area contributed by atoms with E-state index in [2.05, 4.69) is 5.32 Å². The number of amides is 1. The zero-order chi connectivity index (χ0) is 21.3. The lowest BCUT2D eigenvalue weighted by Crippen LogP contribution is -2.41. The normalized spacial score (nSPS) is 18.0. The second-order valence-electron chi connectivity index (χ2n) is 7.51. The van der Waals surface area contributed by atoms with E-state index in [-0.39, 0.29) is 11.8 Å². The van der Waals surface area contributed by atoms with E-state index in [0.29, 0.717) is 40.7 Å². The third kappa shape index (κ3) is 4.05. The Bertz CT molecular complexity index is 1030. The molecule has 0 atom stereocenters. The summed E-state index contributed by atoms with van der Waals surface area (Å²) >= 11 is 2.66. The maximum atomic E-state index is 12.9. The van der Waals surface area contributed by atoms with Crippen molar-refractivity contribution in [2.45, 2.75) is 42.7 Å². The van der Waals surface area contributed by atoms with E-state index in [1.165, 1.54) is 34.1 Å². The van der Waals surface area contributed by atoms with Crippen LogP contribution in [-0.2, 0) is 32.4 Å². The fourth-order valence-corrected chi connectivity index (χ4v) is 7.98. The van der Waals surface area contributed by atoms with Crippen molar-refractivity contribution >= 4 is 49.6 Å². The minimum Gasteiger partial charge on any atom is -0.465 e. The van der Waals surface area contributed by atoms with E-state index < -0.39 is 16.0 Å². The minimum absolute atomic E-state index is 0.160. The van der Waals surface area contributed by atoms with Crippen LogP contribution in [0.4, 0.5) is 5.00 Å². The monoisotopic (exact) mass is 468 g/mol. The summed E-state index contributed by atoms with van der Waals surface area (Å²) in [6.45, 7) is 0.617. The number of aryl methyl sites for hydroxylation is 1. The number of thiophene rings is 2. The topological polar surface area (TPSA) is 92.8 Å². The predicted molar refractivity (Wildman–Crippen MR) is 117 cm³/mol.